The van der Waals surface area contributed by atoms with Gasteiger partial charge in [-0.1, -0.05) is 78.9 Å². The number of hydrogen-bond donors (Lipinski definition) is 1. The van der Waals surface area contributed by atoms with Gasteiger partial charge < -0.3 is 10.1 Å². The van der Waals surface area contributed by atoms with Crippen LogP contribution in [-0.2, 0) is 26.2 Å². The number of rotatable bonds is 8. The lowest BCUT2D eigenvalue weighted by atomic mass is 9.95. The molecule has 1 amide bonds. The van der Waals surface area contributed by atoms with Gasteiger partial charge in [-0.25, -0.2) is 8.42 Å². The summed E-state index contributed by atoms with van der Waals surface area (Å²) in [5.74, 6) is -0.634. The van der Waals surface area contributed by atoms with Gasteiger partial charge in [-0.05, 0) is 24.1 Å². The molecule has 1 aliphatic heterocycles. The van der Waals surface area contributed by atoms with Crippen molar-refractivity contribution < 1.29 is 17.9 Å². The van der Waals surface area contributed by atoms with Crippen LogP contribution in [0, 0.1) is 0 Å². The first kappa shape index (κ1) is 22.8. The van der Waals surface area contributed by atoms with E-state index in [1.807, 2.05) is 72.8 Å². The number of benzene rings is 3. The average Bonchev–Trinajstić information content (AvgIpc) is 2.83. The summed E-state index contributed by atoms with van der Waals surface area (Å²) in [5.41, 5.74) is 3.41. The number of nitrogens with zero attached hydrogens (tertiary/aromatic N) is 1. The third-order valence-electron chi connectivity index (χ3n) is 5.42. The Hall–Kier alpha value is -3.42. The standard InChI is InChI=1S/C26H26N2O4S/c1-2-28-23-16-10-9-15-22(23)24(21-13-7-4-8-14-21)25(33(28,30)31)26(29)27-17-18-32-19-20-11-5-3-6-12-20/h3-16H,2,17-19H2,1H3,(H,27,29). The first-order chi connectivity index (χ1) is 16.0. The number of sulfonamides is 1. The van der Waals surface area contributed by atoms with Crippen LogP contribution in [0.5, 0.6) is 0 Å². The number of para-hydroxylation sites is 1. The number of hydrogen-bond acceptors (Lipinski definition) is 4. The summed E-state index contributed by atoms with van der Waals surface area (Å²) in [6.45, 7) is 2.86. The molecular formula is C26H26N2O4S. The lowest BCUT2D eigenvalue weighted by Crippen LogP contribution is -2.42. The Morgan fingerprint density at radius 2 is 1.55 bits per heavy atom. The third kappa shape index (κ3) is 4.69. The van der Waals surface area contributed by atoms with E-state index in [1.165, 1.54) is 4.31 Å². The number of anilines is 1. The van der Waals surface area contributed by atoms with E-state index in [2.05, 4.69) is 5.32 Å². The zero-order valence-corrected chi connectivity index (χ0v) is 19.2. The quantitative estimate of drug-likeness (QED) is 0.515. The Balaban J connectivity index is 1.63. The molecule has 33 heavy (non-hydrogen) atoms. The number of carbonyl (C=O) groups is 1. The van der Waals surface area contributed by atoms with Crippen molar-refractivity contribution in [3.05, 3.63) is 107 Å². The fourth-order valence-electron chi connectivity index (χ4n) is 3.94. The first-order valence-corrected chi connectivity index (χ1v) is 12.3. The number of ether oxygens (including phenoxy) is 1. The number of nitrogens with one attached hydrogen (secondary N) is 1. The molecule has 0 bridgehead atoms. The summed E-state index contributed by atoms with van der Waals surface area (Å²) < 4.78 is 34.1. The summed E-state index contributed by atoms with van der Waals surface area (Å²) in [4.78, 5) is 13.0. The van der Waals surface area contributed by atoms with Crippen LogP contribution in [0.25, 0.3) is 5.57 Å². The van der Waals surface area contributed by atoms with E-state index in [-0.39, 0.29) is 24.6 Å². The van der Waals surface area contributed by atoms with Crippen molar-refractivity contribution in [2.45, 2.75) is 13.5 Å². The van der Waals surface area contributed by atoms with E-state index < -0.39 is 15.9 Å². The van der Waals surface area contributed by atoms with Crippen molar-refractivity contribution in [1.29, 1.82) is 0 Å². The Labute approximate surface area is 194 Å². The topological polar surface area (TPSA) is 75.7 Å². The van der Waals surface area contributed by atoms with Crippen LogP contribution >= 0.6 is 0 Å². The molecule has 0 aliphatic carbocycles. The van der Waals surface area contributed by atoms with Gasteiger partial charge in [-0.2, -0.15) is 0 Å². The molecule has 0 atom stereocenters. The maximum Gasteiger partial charge on any atom is 0.270 e. The van der Waals surface area contributed by atoms with Crippen LogP contribution in [-0.4, -0.2) is 34.0 Å². The van der Waals surface area contributed by atoms with Gasteiger partial charge in [0.25, 0.3) is 15.9 Å². The van der Waals surface area contributed by atoms with Gasteiger partial charge in [-0.15, -0.1) is 0 Å². The molecule has 1 N–H and O–H groups in total. The molecule has 0 unspecified atom stereocenters. The Bertz CT molecular complexity index is 1260. The lowest BCUT2D eigenvalue weighted by Gasteiger charge is -2.32. The molecule has 6 nitrogen and oxygen atoms in total. The molecule has 1 aliphatic rings. The maximum atomic E-state index is 13.6. The summed E-state index contributed by atoms with van der Waals surface area (Å²) in [6, 6.07) is 26.1. The van der Waals surface area contributed by atoms with Gasteiger partial charge >= 0.3 is 0 Å². The molecule has 0 saturated heterocycles. The van der Waals surface area contributed by atoms with Crippen molar-refractivity contribution in [3.63, 3.8) is 0 Å². The summed E-state index contributed by atoms with van der Waals surface area (Å²) in [7, 11) is -4.05. The summed E-state index contributed by atoms with van der Waals surface area (Å²) >= 11 is 0. The van der Waals surface area contributed by atoms with Crippen LogP contribution in [0.3, 0.4) is 0 Å². The SMILES string of the molecule is CCN1c2ccccc2C(c2ccccc2)=C(C(=O)NCCOCc2ccccc2)S1(=O)=O. The smallest absolute Gasteiger partial charge is 0.270 e. The second-order valence-electron chi connectivity index (χ2n) is 7.55. The second kappa shape index (κ2) is 10.0. The Kier molecular flexibility index (Phi) is 6.91. The van der Waals surface area contributed by atoms with E-state index in [0.29, 0.717) is 29.0 Å². The molecule has 3 aromatic rings. The maximum absolute atomic E-state index is 13.6. The molecule has 0 spiro atoms. The van der Waals surface area contributed by atoms with E-state index in [1.54, 1.807) is 19.1 Å². The predicted molar refractivity (Wildman–Crippen MR) is 130 cm³/mol. The normalized spacial score (nSPS) is 14.6. The third-order valence-corrected chi connectivity index (χ3v) is 7.36. The van der Waals surface area contributed by atoms with Gasteiger partial charge in [0, 0.05) is 24.2 Å². The molecule has 4 rings (SSSR count). The molecule has 7 heteroatoms. The summed E-state index contributed by atoms with van der Waals surface area (Å²) in [6.07, 6.45) is 0. The minimum absolute atomic E-state index is 0.195. The second-order valence-corrected chi connectivity index (χ2v) is 9.35. The van der Waals surface area contributed by atoms with Crippen molar-refractivity contribution in [2.75, 3.05) is 24.0 Å². The molecule has 0 radical (unpaired) electrons. The van der Waals surface area contributed by atoms with E-state index >= 15 is 0 Å². The minimum Gasteiger partial charge on any atom is -0.375 e. The van der Waals surface area contributed by atoms with Crippen LogP contribution in [0.2, 0.25) is 0 Å². The van der Waals surface area contributed by atoms with E-state index in [4.69, 9.17) is 4.74 Å². The lowest BCUT2D eigenvalue weighted by molar-refractivity contribution is -0.117. The molecule has 0 aromatic heterocycles. The zero-order chi connectivity index (χ0) is 23.3. The number of carbonyl (C=O) groups excluding carboxylic acids is 1. The Morgan fingerprint density at radius 1 is 0.909 bits per heavy atom. The van der Waals surface area contributed by atoms with E-state index in [0.717, 1.165) is 5.56 Å². The molecule has 0 fully saturated rings. The molecule has 3 aromatic carbocycles. The van der Waals surface area contributed by atoms with Crippen molar-refractivity contribution in [2.24, 2.45) is 0 Å². The van der Waals surface area contributed by atoms with Gasteiger partial charge in [0.15, 0.2) is 4.91 Å². The van der Waals surface area contributed by atoms with Gasteiger partial charge in [0.05, 0.1) is 18.9 Å². The predicted octanol–water partition coefficient (Wildman–Crippen LogP) is 3.95. The van der Waals surface area contributed by atoms with Gasteiger partial charge in [0.2, 0.25) is 0 Å². The molecule has 0 saturated carbocycles. The van der Waals surface area contributed by atoms with Crippen LogP contribution < -0.4 is 9.62 Å². The highest BCUT2D eigenvalue weighted by Crippen LogP contribution is 2.42. The van der Waals surface area contributed by atoms with Gasteiger partial charge in [0.1, 0.15) is 0 Å². The van der Waals surface area contributed by atoms with Crippen molar-refractivity contribution in [1.82, 2.24) is 5.32 Å². The fraction of sp³-hybridized carbons (Fsp3) is 0.192. The highest BCUT2D eigenvalue weighted by molar-refractivity contribution is 7.97. The fourth-order valence-corrected chi connectivity index (χ4v) is 5.71. The van der Waals surface area contributed by atoms with Crippen LogP contribution in [0.1, 0.15) is 23.6 Å². The van der Waals surface area contributed by atoms with Crippen LogP contribution in [0.15, 0.2) is 89.8 Å². The van der Waals surface area contributed by atoms with E-state index in [9.17, 15) is 13.2 Å². The number of fused-ring (bicyclic) bond motifs is 1. The summed E-state index contributed by atoms with van der Waals surface area (Å²) in [5, 5.41) is 2.74. The monoisotopic (exact) mass is 462 g/mol. The zero-order valence-electron chi connectivity index (χ0n) is 18.4. The van der Waals surface area contributed by atoms with Gasteiger partial charge in [-0.3, -0.25) is 9.10 Å². The minimum atomic E-state index is -4.05. The highest BCUT2D eigenvalue weighted by Gasteiger charge is 2.40. The largest absolute Gasteiger partial charge is 0.375 e. The van der Waals surface area contributed by atoms with Crippen molar-refractivity contribution in [3.8, 4) is 0 Å². The molecule has 1 heterocycles. The molecule has 170 valence electrons. The average molecular weight is 463 g/mol. The number of amides is 1. The first-order valence-electron chi connectivity index (χ1n) is 10.9. The van der Waals surface area contributed by atoms with Crippen molar-refractivity contribution >= 4 is 27.2 Å². The molecular weight excluding hydrogens is 436 g/mol. The Morgan fingerprint density at radius 3 is 2.24 bits per heavy atom. The van der Waals surface area contributed by atoms with Crippen LogP contribution in [0.4, 0.5) is 5.69 Å². The highest BCUT2D eigenvalue weighted by atomic mass is 32.2.